The average Bonchev–Trinajstić information content (AvgIpc) is 2.79. The number of nitrogens with two attached hydrogens (primary N) is 1. The Morgan fingerprint density at radius 1 is 1.24 bits per heavy atom. The highest BCUT2D eigenvalue weighted by Crippen LogP contribution is 2.17. The molecule has 0 aliphatic heterocycles. The molecule has 1 atom stereocenters. The summed E-state index contributed by atoms with van der Waals surface area (Å²) in [7, 11) is 0. The highest BCUT2D eigenvalue weighted by atomic mass is 16.5. The minimum atomic E-state index is -0.239. The van der Waals surface area contributed by atoms with Crippen LogP contribution in [0.25, 0.3) is 0 Å². The predicted octanol–water partition coefficient (Wildman–Crippen LogP) is 2.44. The van der Waals surface area contributed by atoms with E-state index < -0.39 is 0 Å². The molecule has 0 aliphatic carbocycles. The molecule has 0 aliphatic rings. The molecule has 4 heteroatoms. The predicted molar refractivity (Wildman–Crippen MR) is 65.5 cm³/mol. The van der Waals surface area contributed by atoms with Crippen molar-refractivity contribution in [2.24, 2.45) is 5.73 Å². The molecule has 90 valence electrons. The smallest absolute Gasteiger partial charge is 0.243 e. The zero-order valence-electron chi connectivity index (χ0n) is 10.1. The first-order valence-corrected chi connectivity index (χ1v) is 5.80. The van der Waals surface area contributed by atoms with Crippen LogP contribution in [0.1, 0.15) is 43.1 Å². The summed E-state index contributed by atoms with van der Waals surface area (Å²) in [5.41, 5.74) is 7.21. The van der Waals surface area contributed by atoms with Gasteiger partial charge in [0, 0.05) is 5.92 Å². The van der Waals surface area contributed by atoms with Gasteiger partial charge in [-0.3, -0.25) is 0 Å². The number of hydrogen-bond donors (Lipinski definition) is 1. The Hall–Kier alpha value is -1.68. The van der Waals surface area contributed by atoms with Crippen molar-refractivity contribution in [2.45, 2.75) is 32.2 Å². The maximum absolute atomic E-state index is 6.04. The zero-order valence-corrected chi connectivity index (χ0v) is 10.1. The van der Waals surface area contributed by atoms with Gasteiger partial charge in [0.25, 0.3) is 0 Å². The van der Waals surface area contributed by atoms with Gasteiger partial charge in [0.1, 0.15) is 0 Å². The monoisotopic (exact) mass is 231 g/mol. The lowest BCUT2D eigenvalue weighted by Gasteiger charge is -2.06. The van der Waals surface area contributed by atoms with E-state index in [1.807, 2.05) is 44.2 Å². The van der Waals surface area contributed by atoms with E-state index in [-0.39, 0.29) is 12.0 Å². The molecule has 0 spiro atoms. The quantitative estimate of drug-likeness (QED) is 0.877. The largest absolute Gasteiger partial charge is 0.338 e. The molecule has 2 aromatic rings. The van der Waals surface area contributed by atoms with Crippen molar-refractivity contribution < 1.29 is 4.52 Å². The summed E-state index contributed by atoms with van der Waals surface area (Å²) >= 11 is 0. The van der Waals surface area contributed by atoms with Crippen LogP contribution in [0.5, 0.6) is 0 Å². The third-order valence-corrected chi connectivity index (χ3v) is 2.59. The molecule has 0 saturated carbocycles. The maximum Gasteiger partial charge on any atom is 0.243 e. The lowest BCUT2D eigenvalue weighted by Crippen LogP contribution is -2.13. The fraction of sp³-hybridized carbons (Fsp3) is 0.385. The molecule has 1 heterocycles. The standard InChI is InChI=1S/C13H17N3O/c1-9(2)12-15-13(17-16-12)11(14)8-10-6-4-3-5-7-10/h3-7,9,11H,8,14H2,1-2H3/t11-/m1/s1. The van der Waals surface area contributed by atoms with E-state index in [0.717, 1.165) is 0 Å². The van der Waals surface area contributed by atoms with Gasteiger partial charge in [0.05, 0.1) is 6.04 Å². The van der Waals surface area contributed by atoms with Crippen LogP contribution in [0.2, 0.25) is 0 Å². The molecule has 1 aromatic carbocycles. The molecule has 2 rings (SSSR count). The maximum atomic E-state index is 6.04. The molecule has 0 fully saturated rings. The minimum Gasteiger partial charge on any atom is -0.338 e. The Morgan fingerprint density at radius 2 is 1.94 bits per heavy atom. The minimum absolute atomic E-state index is 0.239. The number of aromatic nitrogens is 2. The normalized spacial score (nSPS) is 12.9. The molecule has 0 radical (unpaired) electrons. The highest BCUT2D eigenvalue weighted by Gasteiger charge is 2.16. The van der Waals surface area contributed by atoms with E-state index in [4.69, 9.17) is 10.3 Å². The molecular weight excluding hydrogens is 214 g/mol. The van der Waals surface area contributed by atoms with Gasteiger partial charge in [-0.15, -0.1) is 0 Å². The summed E-state index contributed by atoms with van der Waals surface area (Å²) in [6, 6.07) is 9.82. The third kappa shape index (κ3) is 2.91. The van der Waals surface area contributed by atoms with Crippen molar-refractivity contribution in [3.8, 4) is 0 Å². The van der Waals surface area contributed by atoms with Gasteiger partial charge in [0.2, 0.25) is 5.89 Å². The Balaban J connectivity index is 2.07. The van der Waals surface area contributed by atoms with Crippen molar-refractivity contribution in [1.29, 1.82) is 0 Å². The number of benzene rings is 1. The van der Waals surface area contributed by atoms with Crippen molar-refractivity contribution in [1.82, 2.24) is 10.1 Å². The summed E-state index contributed by atoms with van der Waals surface area (Å²) in [4.78, 5) is 4.30. The fourth-order valence-corrected chi connectivity index (χ4v) is 1.59. The molecule has 2 N–H and O–H groups in total. The van der Waals surface area contributed by atoms with Crippen LogP contribution in [-0.2, 0) is 6.42 Å². The van der Waals surface area contributed by atoms with Crippen LogP contribution < -0.4 is 5.73 Å². The summed E-state index contributed by atoms with van der Waals surface area (Å²) < 4.78 is 5.17. The molecular formula is C13H17N3O. The highest BCUT2D eigenvalue weighted by molar-refractivity contribution is 5.16. The Morgan fingerprint density at radius 3 is 2.53 bits per heavy atom. The van der Waals surface area contributed by atoms with Gasteiger partial charge in [0.15, 0.2) is 5.82 Å². The first-order chi connectivity index (χ1) is 8.16. The lowest BCUT2D eigenvalue weighted by molar-refractivity contribution is 0.349. The summed E-state index contributed by atoms with van der Waals surface area (Å²) in [5.74, 6) is 1.48. The van der Waals surface area contributed by atoms with Gasteiger partial charge < -0.3 is 10.3 Å². The second kappa shape index (κ2) is 5.10. The van der Waals surface area contributed by atoms with Gasteiger partial charge in [-0.2, -0.15) is 4.98 Å². The number of nitrogens with zero attached hydrogens (tertiary/aromatic N) is 2. The van der Waals surface area contributed by atoms with E-state index in [0.29, 0.717) is 18.1 Å². The number of hydrogen-bond acceptors (Lipinski definition) is 4. The molecule has 4 nitrogen and oxygen atoms in total. The van der Waals surface area contributed by atoms with Gasteiger partial charge in [-0.25, -0.2) is 0 Å². The summed E-state index contributed by atoms with van der Waals surface area (Å²) in [6.07, 6.45) is 0.709. The molecule has 0 unspecified atom stereocenters. The van der Waals surface area contributed by atoms with Crippen LogP contribution in [0.4, 0.5) is 0 Å². The van der Waals surface area contributed by atoms with E-state index in [9.17, 15) is 0 Å². The lowest BCUT2D eigenvalue weighted by atomic mass is 10.1. The van der Waals surface area contributed by atoms with Crippen LogP contribution in [-0.4, -0.2) is 10.1 Å². The second-order valence-corrected chi connectivity index (χ2v) is 4.44. The molecule has 0 amide bonds. The number of rotatable bonds is 4. The van der Waals surface area contributed by atoms with Crippen molar-refractivity contribution in [2.75, 3.05) is 0 Å². The summed E-state index contributed by atoms with van der Waals surface area (Å²) in [6.45, 7) is 4.05. The van der Waals surface area contributed by atoms with Crippen molar-refractivity contribution in [3.63, 3.8) is 0 Å². The van der Waals surface area contributed by atoms with E-state index in [1.54, 1.807) is 0 Å². The van der Waals surface area contributed by atoms with Crippen LogP contribution in [0, 0.1) is 0 Å². The molecule has 17 heavy (non-hydrogen) atoms. The van der Waals surface area contributed by atoms with Gasteiger partial charge >= 0.3 is 0 Å². The fourth-order valence-electron chi connectivity index (χ4n) is 1.59. The topological polar surface area (TPSA) is 64.9 Å². The second-order valence-electron chi connectivity index (χ2n) is 4.44. The molecule has 0 bridgehead atoms. The first kappa shape index (κ1) is 11.8. The Bertz CT molecular complexity index is 465. The van der Waals surface area contributed by atoms with E-state index in [1.165, 1.54) is 5.56 Å². The first-order valence-electron chi connectivity index (χ1n) is 5.80. The van der Waals surface area contributed by atoms with E-state index in [2.05, 4.69) is 10.1 Å². The van der Waals surface area contributed by atoms with Crippen LogP contribution in [0.15, 0.2) is 34.9 Å². The van der Waals surface area contributed by atoms with Crippen LogP contribution >= 0.6 is 0 Å². The van der Waals surface area contributed by atoms with E-state index >= 15 is 0 Å². The Labute approximate surface area is 101 Å². The third-order valence-electron chi connectivity index (χ3n) is 2.59. The summed E-state index contributed by atoms with van der Waals surface area (Å²) in [5, 5.41) is 3.91. The zero-order chi connectivity index (χ0) is 12.3. The van der Waals surface area contributed by atoms with Crippen LogP contribution in [0.3, 0.4) is 0 Å². The van der Waals surface area contributed by atoms with Gasteiger partial charge in [-0.05, 0) is 12.0 Å². The van der Waals surface area contributed by atoms with Crippen molar-refractivity contribution in [3.05, 3.63) is 47.6 Å². The Kier molecular flexibility index (Phi) is 3.54. The van der Waals surface area contributed by atoms with Crippen molar-refractivity contribution >= 4 is 0 Å². The molecule has 0 saturated heterocycles. The SMILES string of the molecule is CC(C)c1noc([C@H](N)Cc2ccccc2)n1. The van der Waals surface area contributed by atoms with Gasteiger partial charge in [-0.1, -0.05) is 49.3 Å². The molecule has 1 aromatic heterocycles. The average molecular weight is 231 g/mol.